The van der Waals surface area contributed by atoms with Crippen molar-refractivity contribution < 1.29 is 4.92 Å². The number of rotatable bonds is 4. The zero-order valence-electron chi connectivity index (χ0n) is 9.71. The van der Waals surface area contributed by atoms with Gasteiger partial charge in [-0.2, -0.15) is 4.98 Å². The van der Waals surface area contributed by atoms with E-state index in [9.17, 15) is 10.1 Å². The number of nitro groups is 1. The van der Waals surface area contributed by atoms with Gasteiger partial charge in [0.15, 0.2) is 0 Å². The summed E-state index contributed by atoms with van der Waals surface area (Å²) < 4.78 is 0.983. The molecule has 0 fully saturated rings. The standard InChI is InChI=1S/C10H8BrClN4O2S/c1-15(4-7-2-6(11)5-19-7)9-8(16(17)18)3-13-10(12)14-9/h2-3,5H,4H2,1H3. The van der Waals surface area contributed by atoms with Gasteiger partial charge in [0.25, 0.3) is 0 Å². The number of aromatic nitrogens is 2. The second-order valence-electron chi connectivity index (χ2n) is 3.69. The van der Waals surface area contributed by atoms with Gasteiger partial charge in [-0.05, 0) is 33.6 Å². The normalized spacial score (nSPS) is 10.5. The van der Waals surface area contributed by atoms with E-state index in [1.165, 1.54) is 0 Å². The first kappa shape index (κ1) is 14.2. The van der Waals surface area contributed by atoms with Crippen molar-refractivity contribution in [1.29, 1.82) is 0 Å². The van der Waals surface area contributed by atoms with Crippen LogP contribution >= 0.6 is 38.9 Å². The Hall–Kier alpha value is -1.25. The van der Waals surface area contributed by atoms with Crippen molar-refractivity contribution in [2.24, 2.45) is 0 Å². The lowest BCUT2D eigenvalue weighted by molar-refractivity contribution is -0.384. The van der Waals surface area contributed by atoms with E-state index < -0.39 is 4.92 Å². The third-order valence-corrected chi connectivity index (χ3v) is 4.16. The van der Waals surface area contributed by atoms with Crippen molar-refractivity contribution >= 4 is 50.4 Å². The predicted octanol–water partition coefficient (Wildman–Crippen LogP) is 3.50. The van der Waals surface area contributed by atoms with Gasteiger partial charge in [0.05, 0.1) is 11.5 Å². The molecule has 0 N–H and O–H groups in total. The van der Waals surface area contributed by atoms with Crippen molar-refractivity contribution in [1.82, 2.24) is 9.97 Å². The zero-order valence-corrected chi connectivity index (χ0v) is 12.9. The molecular weight excluding hydrogens is 356 g/mol. The lowest BCUT2D eigenvalue weighted by Crippen LogP contribution is -2.18. The van der Waals surface area contributed by atoms with Gasteiger partial charge in [-0.3, -0.25) is 10.1 Å². The van der Waals surface area contributed by atoms with Crippen molar-refractivity contribution in [2.45, 2.75) is 6.54 Å². The summed E-state index contributed by atoms with van der Waals surface area (Å²) in [7, 11) is 1.72. The maximum atomic E-state index is 10.9. The summed E-state index contributed by atoms with van der Waals surface area (Å²) in [6.45, 7) is 0.504. The van der Waals surface area contributed by atoms with Crippen molar-refractivity contribution in [3.05, 3.63) is 42.4 Å². The molecule has 0 spiro atoms. The third kappa shape index (κ3) is 3.40. The molecule has 0 aromatic carbocycles. The van der Waals surface area contributed by atoms with E-state index in [4.69, 9.17) is 11.6 Å². The zero-order chi connectivity index (χ0) is 14.0. The summed E-state index contributed by atoms with van der Waals surface area (Å²) in [5, 5.41) is 12.9. The first-order valence-corrected chi connectivity index (χ1v) is 7.13. The van der Waals surface area contributed by atoms with Crippen LogP contribution in [0.15, 0.2) is 22.1 Å². The molecule has 0 atom stereocenters. The monoisotopic (exact) mass is 362 g/mol. The minimum absolute atomic E-state index is 0.0141. The first-order valence-electron chi connectivity index (χ1n) is 5.08. The molecule has 0 aliphatic rings. The molecule has 0 unspecified atom stereocenters. The molecule has 2 aromatic heterocycles. The van der Waals surface area contributed by atoms with Crippen LogP contribution in [0.1, 0.15) is 4.88 Å². The summed E-state index contributed by atoms with van der Waals surface area (Å²) in [4.78, 5) is 20.7. The highest BCUT2D eigenvalue weighted by atomic mass is 79.9. The molecule has 0 aliphatic carbocycles. The summed E-state index contributed by atoms with van der Waals surface area (Å²) in [6.07, 6.45) is 1.12. The largest absolute Gasteiger partial charge is 0.349 e. The van der Waals surface area contributed by atoms with Gasteiger partial charge in [0.1, 0.15) is 6.20 Å². The van der Waals surface area contributed by atoms with Gasteiger partial charge in [-0.25, -0.2) is 4.98 Å². The van der Waals surface area contributed by atoms with Crippen molar-refractivity contribution in [3.63, 3.8) is 0 Å². The Morgan fingerprint density at radius 2 is 2.37 bits per heavy atom. The van der Waals surface area contributed by atoms with Crippen LogP contribution < -0.4 is 4.90 Å². The number of halogens is 2. The van der Waals surface area contributed by atoms with Crippen LogP contribution in [0.4, 0.5) is 11.5 Å². The topological polar surface area (TPSA) is 72.2 Å². The lowest BCUT2D eigenvalue weighted by Gasteiger charge is -2.16. The van der Waals surface area contributed by atoms with Crippen LogP contribution in [0.2, 0.25) is 5.28 Å². The molecule has 0 saturated carbocycles. The molecule has 100 valence electrons. The summed E-state index contributed by atoms with van der Waals surface area (Å²) >= 11 is 10.6. The molecule has 2 aromatic rings. The van der Waals surface area contributed by atoms with E-state index >= 15 is 0 Å². The van der Waals surface area contributed by atoms with E-state index in [1.54, 1.807) is 23.3 Å². The summed E-state index contributed by atoms with van der Waals surface area (Å²) in [5.41, 5.74) is -0.164. The van der Waals surface area contributed by atoms with E-state index in [0.29, 0.717) is 6.54 Å². The molecule has 2 heterocycles. The van der Waals surface area contributed by atoms with Crippen molar-refractivity contribution in [3.8, 4) is 0 Å². The van der Waals surface area contributed by atoms with E-state index in [1.807, 2.05) is 11.4 Å². The summed E-state index contributed by atoms with van der Waals surface area (Å²) in [6, 6.07) is 1.95. The van der Waals surface area contributed by atoms with Crippen LogP contribution in [0, 0.1) is 10.1 Å². The van der Waals surface area contributed by atoms with Gasteiger partial charge in [0, 0.05) is 21.8 Å². The Kier molecular flexibility index (Phi) is 4.33. The number of hydrogen-bond donors (Lipinski definition) is 0. The van der Waals surface area contributed by atoms with E-state index in [-0.39, 0.29) is 16.8 Å². The molecule has 0 aliphatic heterocycles. The Labute approximate surface area is 126 Å². The Morgan fingerprint density at radius 3 is 2.95 bits per heavy atom. The van der Waals surface area contributed by atoms with Crippen LogP contribution in [-0.2, 0) is 6.54 Å². The highest BCUT2D eigenvalue weighted by Crippen LogP contribution is 2.28. The predicted molar refractivity (Wildman–Crippen MR) is 77.8 cm³/mol. The van der Waals surface area contributed by atoms with Gasteiger partial charge in [-0.1, -0.05) is 0 Å². The molecule has 9 heteroatoms. The lowest BCUT2D eigenvalue weighted by atomic mass is 10.4. The molecular formula is C10H8BrClN4O2S. The van der Waals surface area contributed by atoms with Crippen LogP contribution in [0.5, 0.6) is 0 Å². The first-order chi connectivity index (χ1) is 8.97. The minimum atomic E-state index is -0.521. The summed E-state index contributed by atoms with van der Waals surface area (Å²) in [5.74, 6) is 0.203. The SMILES string of the molecule is CN(Cc1cc(Br)cs1)c1nc(Cl)ncc1[N+](=O)[O-]. The fourth-order valence-corrected chi connectivity index (χ4v) is 3.13. The van der Waals surface area contributed by atoms with E-state index in [2.05, 4.69) is 25.9 Å². The molecule has 0 amide bonds. The smallest absolute Gasteiger partial charge is 0.329 e. The van der Waals surface area contributed by atoms with E-state index in [0.717, 1.165) is 15.5 Å². The van der Waals surface area contributed by atoms with Crippen LogP contribution in [0.3, 0.4) is 0 Å². The third-order valence-electron chi connectivity index (χ3n) is 2.29. The molecule has 19 heavy (non-hydrogen) atoms. The Morgan fingerprint density at radius 1 is 1.63 bits per heavy atom. The molecule has 6 nitrogen and oxygen atoms in total. The fraction of sp³-hybridized carbons (Fsp3) is 0.200. The number of anilines is 1. The average Bonchev–Trinajstić information content (AvgIpc) is 2.74. The van der Waals surface area contributed by atoms with Crippen LogP contribution in [-0.4, -0.2) is 21.9 Å². The maximum Gasteiger partial charge on any atom is 0.329 e. The second kappa shape index (κ2) is 5.81. The van der Waals surface area contributed by atoms with Crippen molar-refractivity contribution in [2.75, 3.05) is 11.9 Å². The maximum absolute atomic E-state index is 10.9. The molecule has 0 radical (unpaired) electrons. The molecule has 0 saturated heterocycles. The van der Waals surface area contributed by atoms with Gasteiger partial charge in [0.2, 0.25) is 11.1 Å². The number of hydrogen-bond acceptors (Lipinski definition) is 6. The van der Waals surface area contributed by atoms with Crippen LogP contribution in [0.25, 0.3) is 0 Å². The number of thiophene rings is 1. The van der Waals surface area contributed by atoms with Gasteiger partial charge >= 0.3 is 5.69 Å². The van der Waals surface area contributed by atoms with Gasteiger partial charge in [-0.15, -0.1) is 11.3 Å². The van der Waals surface area contributed by atoms with Gasteiger partial charge < -0.3 is 4.90 Å². The second-order valence-corrected chi connectivity index (χ2v) is 5.94. The number of nitrogens with zero attached hydrogens (tertiary/aromatic N) is 4. The highest BCUT2D eigenvalue weighted by molar-refractivity contribution is 9.10. The molecule has 2 rings (SSSR count). The molecule has 0 bridgehead atoms. The average molecular weight is 364 g/mol. The quantitative estimate of drug-likeness (QED) is 0.472. The fourth-order valence-electron chi connectivity index (χ4n) is 1.50. The highest BCUT2D eigenvalue weighted by Gasteiger charge is 2.20. The Balaban J connectivity index is 2.29. The minimum Gasteiger partial charge on any atom is -0.349 e. The Bertz CT molecular complexity index is 621.